The lowest BCUT2D eigenvalue weighted by molar-refractivity contribution is -0.144. The van der Waals surface area contributed by atoms with E-state index in [0.717, 1.165) is 0 Å². The summed E-state index contributed by atoms with van der Waals surface area (Å²) in [5, 5.41) is 0. The molecule has 0 unspecified atom stereocenters. The van der Waals surface area contributed by atoms with Gasteiger partial charge in [0.05, 0.1) is 13.0 Å². The van der Waals surface area contributed by atoms with Gasteiger partial charge >= 0.3 is 5.97 Å². The zero-order valence-electron chi connectivity index (χ0n) is 8.77. The summed E-state index contributed by atoms with van der Waals surface area (Å²) in [6, 6.07) is 0. The first-order valence-corrected chi connectivity index (χ1v) is 5.38. The number of carbonyl (C=O) groups excluding carboxylic acids is 1. The minimum atomic E-state index is -0.00361. The van der Waals surface area contributed by atoms with Crippen LogP contribution in [0.3, 0.4) is 0 Å². The summed E-state index contributed by atoms with van der Waals surface area (Å²) in [5.74, 6) is -0.00361. The minimum absolute atomic E-state index is 0.00361. The summed E-state index contributed by atoms with van der Waals surface area (Å²) in [7, 11) is 0. The highest BCUT2D eigenvalue weighted by Gasteiger charge is 2.43. The molecule has 1 rings (SSSR count). The van der Waals surface area contributed by atoms with E-state index in [4.69, 9.17) is 4.74 Å². The van der Waals surface area contributed by atoms with Crippen molar-refractivity contribution in [3.63, 3.8) is 0 Å². The van der Waals surface area contributed by atoms with E-state index in [1.807, 2.05) is 6.92 Å². The molecule has 0 aromatic carbocycles. The van der Waals surface area contributed by atoms with Gasteiger partial charge in [-0.2, -0.15) is 0 Å². The van der Waals surface area contributed by atoms with Crippen molar-refractivity contribution in [3.05, 3.63) is 0 Å². The maximum Gasteiger partial charge on any atom is 0.306 e. The molecule has 0 radical (unpaired) electrons. The Bertz CT molecular complexity index is 171. The maximum absolute atomic E-state index is 11.2. The Morgan fingerprint density at radius 3 is 2.54 bits per heavy atom. The molecular weight excluding hydrogens is 164 g/mol. The fraction of sp³-hybridized carbons (Fsp3) is 0.909. The molecule has 0 heterocycles. The Hall–Kier alpha value is -0.530. The smallest absolute Gasteiger partial charge is 0.306 e. The molecule has 1 aliphatic carbocycles. The topological polar surface area (TPSA) is 26.3 Å². The summed E-state index contributed by atoms with van der Waals surface area (Å²) >= 11 is 0. The van der Waals surface area contributed by atoms with Gasteiger partial charge < -0.3 is 4.74 Å². The van der Waals surface area contributed by atoms with Gasteiger partial charge in [-0.15, -0.1) is 0 Å². The third kappa shape index (κ3) is 3.37. The number of esters is 1. The molecule has 76 valence electrons. The van der Waals surface area contributed by atoms with E-state index in [9.17, 15) is 4.79 Å². The normalized spacial score (nSPS) is 18.3. The zero-order valence-corrected chi connectivity index (χ0v) is 8.77. The Morgan fingerprint density at radius 2 is 2.08 bits per heavy atom. The molecule has 0 aliphatic heterocycles. The van der Waals surface area contributed by atoms with Gasteiger partial charge in [0.1, 0.15) is 0 Å². The number of carbonyl (C=O) groups is 1. The average Bonchev–Trinajstić information content (AvgIpc) is 2.82. The molecule has 0 aromatic rings. The molecule has 0 amide bonds. The van der Waals surface area contributed by atoms with Crippen LogP contribution in [0.4, 0.5) is 0 Å². The first-order valence-electron chi connectivity index (χ1n) is 5.38. The molecule has 0 N–H and O–H groups in total. The van der Waals surface area contributed by atoms with Gasteiger partial charge in [-0.3, -0.25) is 4.79 Å². The standard InChI is InChI=1S/C11H20O2/c1-3-5-6-11(7-8-11)9-10(12)13-4-2/h3-9H2,1-2H3. The molecule has 2 heteroatoms. The molecule has 13 heavy (non-hydrogen) atoms. The third-order valence-corrected chi connectivity index (χ3v) is 2.84. The highest BCUT2D eigenvalue weighted by molar-refractivity contribution is 5.70. The molecule has 0 spiro atoms. The molecular formula is C11H20O2. The highest BCUT2D eigenvalue weighted by Crippen LogP contribution is 2.52. The number of hydrogen-bond acceptors (Lipinski definition) is 2. The number of hydrogen-bond donors (Lipinski definition) is 0. The monoisotopic (exact) mass is 184 g/mol. The van der Waals surface area contributed by atoms with Crippen LogP contribution in [0.1, 0.15) is 52.4 Å². The van der Waals surface area contributed by atoms with Crippen LogP contribution in [0.2, 0.25) is 0 Å². The van der Waals surface area contributed by atoms with Crippen LogP contribution >= 0.6 is 0 Å². The van der Waals surface area contributed by atoms with Crippen LogP contribution in [0.15, 0.2) is 0 Å². The van der Waals surface area contributed by atoms with E-state index < -0.39 is 0 Å². The van der Waals surface area contributed by atoms with Crippen molar-refractivity contribution in [3.8, 4) is 0 Å². The van der Waals surface area contributed by atoms with Gasteiger partial charge in [0, 0.05) is 0 Å². The van der Waals surface area contributed by atoms with Crippen LogP contribution in [0.5, 0.6) is 0 Å². The summed E-state index contributed by atoms with van der Waals surface area (Å²) in [4.78, 5) is 11.2. The van der Waals surface area contributed by atoms with Crippen molar-refractivity contribution in [2.24, 2.45) is 5.41 Å². The van der Waals surface area contributed by atoms with Gasteiger partial charge in [-0.1, -0.05) is 19.8 Å². The zero-order chi connectivity index (χ0) is 9.73. The predicted molar refractivity (Wildman–Crippen MR) is 52.4 cm³/mol. The van der Waals surface area contributed by atoms with Crippen molar-refractivity contribution < 1.29 is 9.53 Å². The molecule has 2 nitrogen and oxygen atoms in total. The van der Waals surface area contributed by atoms with Crippen molar-refractivity contribution >= 4 is 5.97 Å². The first kappa shape index (κ1) is 10.6. The van der Waals surface area contributed by atoms with Crippen molar-refractivity contribution in [2.75, 3.05) is 6.61 Å². The van der Waals surface area contributed by atoms with Crippen molar-refractivity contribution in [1.29, 1.82) is 0 Å². The predicted octanol–water partition coefficient (Wildman–Crippen LogP) is 2.91. The van der Waals surface area contributed by atoms with Crippen LogP contribution < -0.4 is 0 Å². The Kier molecular flexibility index (Phi) is 3.76. The second kappa shape index (κ2) is 4.64. The Morgan fingerprint density at radius 1 is 1.38 bits per heavy atom. The van der Waals surface area contributed by atoms with E-state index in [1.165, 1.54) is 32.1 Å². The van der Waals surface area contributed by atoms with Crippen molar-refractivity contribution in [1.82, 2.24) is 0 Å². The van der Waals surface area contributed by atoms with Crippen LogP contribution in [0, 0.1) is 5.41 Å². The number of rotatable bonds is 6. The van der Waals surface area contributed by atoms with Crippen LogP contribution in [0.25, 0.3) is 0 Å². The first-order chi connectivity index (χ1) is 6.22. The lowest BCUT2D eigenvalue weighted by atomic mass is 9.95. The van der Waals surface area contributed by atoms with E-state index in [0.29, 0.717) is 18.4 Å². The third-order valence-electron chi connectivity index (χ3n) is 2.84. The summed E-state index contributed by atoms with van der Waals surface area (Å²) in [6.07, 6.45) is 6.80. The molecule has 1 fully saturated rings. The Balaban J connectivity index is 2.22. The van der Waals surface area contributed by atoms with Gasteiger partial charge in [0.2, 0.25) is 0 Å². The SMILES string of the molecule is CCCCC1(CC(=O)OCC)CC1. The van der Waals surface area contributed by atoms with E-state index in [2.05, 4.69) is 6.92 Å². The summed E-state index contributed by atoms with van der Waals surface area (Å²) in [6.45, 7) is 4.58. The lowest BCUT2D eigenvalue weighted by Crippen LogP contribution is -2.12. The molecule has 0 aromatic heterocycles. The molecule has 0 bridgehead atoms. The Labute approximate surface area is 80.7 Å². The van der Waals surface area contributed by atoms with Gasteiger partial charge in [0.25, 0.3) is 0 Å². The quantitative estimate of drug-likeness (QED) is 0.593. The van der Waals surface area contributed by atoms with E-state index in [1.54, 1.807) is 0 Å². The van der Waals surface area contributed by atoms with E-state index in [-0.39, 0.29) is 5.97 Å². The second-order valence-corrected chi connectivity index (χ2v) is 4.09. The average molecular weight is 184 g/mol. The molecule has 0 atom stereocenters. The summed E-state index contributed by atoms with van der Waals surface area (Å²) in [5.41, 5.74) is 0.349. The second-order valence-electron chi connectivity index (χ2n) is 4.09. The van der Waals surface area contributed by atoms with Gasteiger partial charge in [-0.25, -0.2) is 0 Å². The van der Waals surface area contributed by atoms with Crippen LogP contribution in [-0.4, -0.2) is 12.6 Å². The van der Waals surface area contributed by atoms with E-state index >= 15 is 0 Å². The van der Waals surface area contributed by atoms with Crippen LogP contribution in [-0.2, 0) is 9.53 Å². The largest absolute Gasteiger partial charge is 0.466 e. The highest BCUT2D eigenvalue weighted by atomic mass is 16.5. The summed E-state index contributed by atoms with van der Waals surface area (Å²) < 4.78 is 4.96. The molecule has 1 aliphatic rings. The molecule has 0 saturated heterocycles. The minimum Gasteiger partial charge on any atom is -0.466 e. The fourth-order valence-corrected chi connectivity index (χ4v) is 1.76. The maximum atomic E-state index is 11.2. The molecule has 1 saturated carbocycles. The number of ether oxygens (including phenoxy) is 1. The van der Waals surface area contributed by atoms with Gasteiger partial charge in [0.15, 0.2) is 0 Å². The lowest BCUT2D eigenvalue weighted by Gasteiger charge is -2.12. The van der Waals surface area contributed by atoms with Gasteiger partial charge in [-0.05, 0) is 31.6 Å². The van der Waals surface area contributed by atoms with Crippen molar-refractivity contribution in [2.45, 2.75) is 52.4 Å². The number of unbranched alkanes of at least 4 members (excludes halogenated alkanes) is 1. The fourth-order valence-electron chi connectivity index (χ4n) is 1.76.